The van der Waals surface area contributed by atoms with E-state index in [-0.39, 0.29) is 24.0 Å². The molecule has 0 saturated heterocycles. The fourth-order valence-electron chi connectivity index (χ4n) is 2.86. The van der Waals surface area contributed by atoms with Crippen molar-refractivity contribution in [3.05, 3.63) is 47.3 Å². The van der Waals surface area contributed by atoms with Gasteiger partial charge in [0.25, 0.3) is 0 Å². The molecule has 3 N–H and O–H groups in total. The molecule has 0 bridgehead atoms. The van der Waals surface area contributed by atoms with Gasteiger partial charge in [-0.3, -0.25) is 9.71 Å². The topological polar surface area (TPSA) is 109 Å². The van der Waals surface area contributed by atoms with Crippen LogP contribution >= 0.6 is 24.0 Å². The Bertz CT molecular complexity index is 895. The molecule has 0 fully saturated rings. The highest BCUT2D eigenvalue weighted by atomic mass is 127. The number of halogens is 1. The summed E-state index contributed by atoms with van der Waals surface area (Å²) in [5, 5.41) is 10.5. The molecule has 2 aromatic rings. The number of nitrogens with one attached hydrogen (secondary N) is 3. The lowest BCUT2D eigenvalue weighted by Crippen LogP contribution is -2.36. The van der Waals surface area contributed by atoms with Crippen molar-refractivity contribution in [3.63, 3.8) is 0 Å². The van der Waals surface area contributed by atoms with Gasteiger partial charge in [0.05, 0.1) is 24.2 Å². The van der Waals surface area contributed by atoms with Gasteiger partial charge >= 0.3 is 0 Å². The SMILES string of the molecule is CCC(CC)c1cc(CNC(=NC)NCc2ccccc2NS(C)(=O)=O)on1.I. The normalized spacial score (nSPS) is 11.8. The molecule has 0 atom stereocenters. The molecule has 2 rings (SSSR count). The van der Waals surface area contributed by atoms with Crippen molar-refractivity contribution in [2.75, 3.05) is 18.0 Å². The molecule has 0 amide bonds. The Morgan fingerprint density at radius 1 is 1.17 bits per heavy atom. The number of para-hydroxylation sites is 1. The van der Waals surface area contributed by atoms with Gasteiger partial charge in [-0.25, -0.2) is 8.42 Å². The largest absolute Gasteiger partial charge is 0.359 e. The van der Waals surface area contributed by atoms with Crippen molar-refractivity contribution < 1.29 is 12.9 Å². The first-order chi connectivity index (χ1) is 13.4. The van der Waals surface area contributed by atoms with E-state index in [1.807, 2.05) is 18.2 Å². The van der Waals surface area contributed by atoms with Crippen molar-refractivity contribution in [3.8, 4) is 0 Å². The lowest BCUT2D eigenvalue weighted by molar-refractivity contribution is 0.368. The minimum absolute atomic E-state index is 0. The van der Waals surface area contributed by atoms with Gasteiger partial charge in [-0.2, -0.15) is 0 Å². The second-order valence-corrected chi connectivity index (χ2v) is 8.29. The third-order valence-corrected chi connectivity index (χ3v) is 4.98. The molecule has 0 spiro atoms. The van der Waals surface area contributed by atoms with E-state index in [4.69, 9.17) is 4.52 Å². The van der Waals surface area contributed by atoms with E-state index < -0.39 is 10.0 Å². The summed E-state index contributed by atoms with van der Waals surface area (Å²) in [5.74, 6) is 1.73. The smallest absolute Gasteiger partial charge is 0.229 e. The number of rotatable bonds is 9. The Morgan fingerprint density at radius 3 is 2.45 bits per heavy atom. The summed E-state index contributed by atoms with van der Waals surface area (Å²) in [5.41, 5.74) is 2.33. The first kappa shape index (κ1) is 25.2. The Morgan fingerprint density at radius 2 is 1.83 bits per heavy atom. The van der Waals surface area contributed by atoms with E-state index in [1.165, 1.54) is 0 Å². The number of hydrogen-bond donors (Lipinski definition) is 3. The van der Waals surface area contributed by atoms with Gasteiger partial charge in [0, 0.05) is 25.6 Å². The predicted molar refractivity (Wildman–Crippen MR) is 127 cm³/mol. The predicted octanol–water partition coefficient (Wildman–Crippen LogP) is 3.43. The van der Waals surface area contributed by atoms with E-state index >= 15 is 0 Å². The van der Waals surface area contributed by atoms with Gasteiger partial charge in [-0.05, 0) is 24.5 Å². The number of aromatic nitrogens is 1. The van der Waals surface area contributed by atoms with Gasteiger partial charge < -0.3 is 15.2 Å². The number of nitrogens with zero attached hydrogens (tertiary/aromatic N) is 2. The van der Waals surface area contributed by atoms with Gasteiger partial charge in [-0.15, -0.1) is 24.0 Å². The summed E-state index contributed by atoms with van der Waals surface area (Å²) < 4.78 is 31.0. The van der Waals surface area contributed by atoms with Crippen molar-refractivity contribution in [1.29, 1.82) is 0 Å². The molecule has 10 heteroatoms. The third-order valence-electron chi connectivity index (χ3n) is 4.39. The first-order valence-corrected chi connectivity index (χ1v) is 11.2. The standard InChI is InChI=1S/C19H29N5O3S.HI/c1-5-14(6-2)18-11-16(27-23-18)13-22-19(20-3)21-12-15-9-7-8-10-17(15)24-28(4,25)26;/h7-11,14,24H,5-6,12-13H2,1-4H3,(H2,20,21,22);1H. The summed E-state index contributed by atoms with van der Waals surface area (Å²) in [6.07, 6.45) is 3.19. The monoisotopic (exact) mass is 535 g/mol. The fraction of sp³-hybridized carbons (Fsp3) is 0.474. The van der Waals surface area contributed by atoms with Crippen LogP contribution in [0.15, 0.2) is 39.8 Å². The zero-order valence-electron chi connectivity index (χ0n) is 17.2. The maximum Gasteiger partial charge on any atom is 0.229 e. The molecule has 1 aromatic carbocycles. The summed E-state index contributed by atoms with van der Waals surface area (Å²) in [4.78, 5) is 4.19. The first-order valence-electron chi connectivity index (χ1n) is 9.32. The Kier molecular flexibility index (Phi) is 10.4. The van der Waals surface area contributed by atoms with E-state index in [0.717, 1.165) is 36.1 Å². The second kappa shape index (κ2) is 12.0. The number of sulfonamides is 1. The van der Waals surface area contributed by atoms with E-state index in [9.17, 15) is 8.42 Å². The molecule has 0 saturated carbocycles. The molecule has 0 aliphatic carbocycles. The van der Waals surface area contributed by atoms with Crippen LogP contribution in [0.4, 0.5) is 5.69 Å². The molecule has 0 unspecified atom stereocenters. The molecule has 1 aromatic heterocycles. The maximum atomic E-state index is 11.5. The average Bonchev–Trinajstić information content (AvgIpc) is 3.11. The number of anilines is 1. The highest BCUT2D eigenvalue weighted by Crippen LogP contribution is 2.22. The highest BCUT2D eigenvalue weighted by Gasteiger charge is 2.13. The van der Waals surface area contributed by atoms with Crippen LogP contribution < -0.4 is 15.4 Å². The van der Waals surface area contributed by atoms with Crippen molar-refractivity contribution in [2.24, 2.45) is 4.99 Å². The van der Waals surface area contributed by atoms with Gasteiger partial charge in [-0.1, -0.05) is 37.2 Å². The molecule has 1 heterocycles. The lowest BCUT2D eigenvalue weighted by atomic mass is 9.99. The van der Waals surface area contributed by atoms with Crippen LogP contribution in [0, 0.1) is 0 Å². The summed E-state index contributed by atoms with van der Waals surface area (Å²) in [6.45, 7) is 5.15. The minimum atomic E-state index is -3.34. The van der Waals surface area contributed by atoms with Crippen molar-refractivity contribution in [1.82, 2.24) is 15.8 Å². The molecular weight excluding hydrogens is 505 g/mol. The Balaban J connectivity index is 0.00000420. The van der Waals surface area contributed by atoms with Crippen molar-refractivity contribution in [2.45, 2.75) is 45.7 Å². The molecular formula is C19H30IN5O3S. The van der Waals surface area contributed by atoms with Crippen LogP contribution in [0.5, 0.6) is 0 Å². The van der Waals surface area contributed by atoms with Gasteiger partial charge in [0.1, 0.15) is 0 Å². The summed E-state index contributed by atoms with van der Waals surface area (Å²) in [7, 11) is -1.67. The van der Waals surface area contributed by atoms with Crippen LogP contribution in [-0.2, 0) is 23.1 Å². The van der Waals surface area contributed by atoms with E-state index in [0.29, 0.717) is 30.7 Å². The van der Waals surface area contributed by atoms with E-state index in [1.54, 1.807) is 19.2 Å². The molecule has 0 aliphatic heterocycles. The van der Waals surface area contributed by atoms with Crippen LogP contribution in [0.2, 0.25) is 0 Å². The lowest BCUT2D eigenvalue weighted by Gasteiger charge is -2.14. The highest BCUT2D eigenvalue weighted by molar-refractivity contribution is 14.0. The van der Waals surface area contributed by atoms with Gasteiger partial charge in [0.2, 0.25) is 10.0 Å². The van der Waals surface area contributed by atoms with Crippen LogP contribution in [0.3, 0.4) is 0 Å². The quantitative estimate of drug-likeness (QED) is 0.258. The number of hydrogen-bond acceptors (Lipinski definition) is 5. The zero-order chi connectivity index (χ0) is 20.6. The van der Waals surface area contributed by atoms with Crippen LogP contribution in [0.1, 0.15) is 49.6 Å². The van der Waals surface area contributed by atoms with Gasteiger partial charge in [0.15, 0.2) is 11.7 Å². The van der Waals surface area contributed by atoms with Crippen LogP contribution in [0.25, 0.3) is 0 Å². The number of aliphatic imine (C=N–C) groups is 1. The fourth-order valence-corrected chi connectivity index (χ4v) is 3.45. The van der Waals surface area contributed by atoms with E-state index in [2.05, 4.69) is 39.4 Å². The summed E-state index contributed by atoms with van der Waals surface area (Å²) >= 11 is 0. The zero-order valence-corrected chi connectivity index (χ0v) is 20.4. The maximum absolute atomic E-state index is 11.5. The number of benzene rings is 1. The minimum Gasteiger partial charge on any atom is -0.359 e. The number of guanidine groups is 1. The average molecular weight is 535 g/mol. The third kappa shape index (κ3) is 8.21. The Hall–Kier alpha value is -1.82. The second-order valence-electron chi connectivity index (χ2n) is 6.54. The van der Waals surface area contributed by atoms with Crippen LogP contribution in [-0.4, -0.2) is 32.8 Å². The molecule has 0 aliphatic rings. The molecule has 0 radical (unpaired) electrons. The molecule has 29 heavy (non-hydrogen) atoms. The molecule has 8 nitrogen and oxygen atoms in total. The summed E-state index contributed by atoms with van der Waals surface area (Å²) in [6, 6.07) is 9.19. The Labute approximate surface area is 190 Å². The van der Waals surface area contributed by atoms with Crippen molar-refractivity contribution >= 4 is 45.6 Å². The molecule has 162 valence electrons.